The molecule has 15 aliphatic carbocycles. The second-order valence-electron chi connectivity index (χ2n) is 45.6. The fraction of sp³-hybridized carbons (Fsp3) is 0.869. The number of rotatable bonds is 10. The summed E-state index contributed by atoms with van der Waals surface area (Å²) in [5.41, 5.74) is 13.4. The maximum Gasteiger partial charge on any atom is 0.323 e. The molecule has 15 fully saturated rings. The molecule has 15 rings (SSSR count). The molecular formula is C99H157ClN2O10. The highest BCUT2D eigenvalue weighted by atomic mass is 35.5. The maximum atomic E-state index is 13.6. The van der Waals surface area contributed by atoms with Gasteiger partial charge >= 0.3 is 30.1 Å². The molecule has 15 aliphatic rings. The number of ketones is 1. The molecule has 0 bridgehead atoms. The summed E-state index contributed by atoms with van der Waals surface area (Å²) >= 11 is 6.46. The number of allylic oxidation sites excluding steroid dienone is 3. The summed E-state index contributed by atoms with van der Waals surface area (Å²) in [6, 6.07) is 0. The van der Waals surface area contributed by atoms with Crippen molar-refractivity contribution in [2.45, 2.75) is 371 Å². The fourth-order valence-corrected chi connectivity index (χ4v) is 36.2. The molecule has 0 aromatic carbocycles. The van der Waals surface area contributed by atoms with E-state index >= 15 is 0 Å². The van der Waals surface area contributed by atoms with Crippen molar-refractivity contribution >= 4 is 52.7 Å². The highest BCUT2D eigenvalue weighted by Gasteiger charge is 2.77. The molecule has 15 saturated carbocycles. The van der Waals surface area contributed by atoms with Gasteiger partial charge in [-0.15, -0.1) is 0 Å². The highest BCUT2D eigenvalue weighted by Crippen LogP contribution is 2.82. The van der Waals surface area contributed by atoms with E-state index in [1.165, 1.54) is 87.1 Å². The van der Waals surface area contributed by atoms with Crippen LogP contribution in [0.4, 0.5) is 0 Å². The molecule has 12 unspecified atom stereocenters. The van der Waals surface area contributed by atoms with Crippen LogP contribution in [0.5, 0.6) is 0 Å². The van der Waals surface area contributed by atoms with E-state index in [4.69, 9.17) is 25.8 Å². The van der Waals surface area contributed by atoms with Crippen LogP contribution >= 0.6 is 11.6 Å². The standard InChI is InChI=1S/C33H50N2O3.C32H49ClO3.C32H50O4.2CH4/c1-20(2)22-11-16-33(26(37)19-35-34)18-17-31(7)23(28(22)33)9-10-25-30(6)14-13-27(38-21(3)36)29(4,5)24(30)12-15-32(25,31)8;1-19(2)21-11-16-32(27(33)35)18-17-30(7)22(26(21)32)9-10-24-29(6)14-13-25(36-20(3)34)28(4,5)23(29)12-15-31(24,30)8;1-19(2)21-11-16-32(27(34)35)18-17-30(7)22(26(21)32)9-10-24-29(6)14-13-25(36-20(3)33)28(4,5)23(29)12-15-31(24,30)8;;/h19,22-25,27-28H,1,9-18H2,2-8H3;21-26H,1,9-18H2,2-8H3;21-26H,1,9-18H2,2-8H3,(H,34,35);2*1H4/t22-,23?,24?,25?,27-,28?,30-,31+,32+,33+;2*21-,22?,23?,24?,25-,26?,29-,30+,31+,32-;;/m000../s1. The molecule has 0 aliphatic heterocycles. The molecular weight excluding hydrogens is 1410 g/mol. The van der Waals surface area contributed by atoms with E-state index in [2.05, 4.69) is 149 Å². The topological polar surface area (TPSA) is 187 Å². The zero-order valence-electron chi connectivity index (χ0n) is 72.7. The predicted octanol–water partition coefficient (Wildman–Crippen LogP) is 24.7. The number of carbonyl (C=O) groups is 6. The van der Waals surface area contributed by atoms with E-state index in [-0.39, 0.29) is 144 Å². The van der Waals surface area contributed by atoms with Gasteiger partial charge in [0.1, 0.15) is 18.3 Å². The molecule has 12 nitrogen and oxygen atoms in total. The van der Waals surface area contributed by atoms with Gasteiger partial charge in [0.15, 0.2) is 0 Å². The molecule has 0 radical (unpaired) electrons. The number of nitrogens with zero attached hydrogens (tertiary/aromatic N) is 2. The lowest BCUT2D eigenvalue weighted by molar-refractivity contribution is -0.250. The van der Waals surface area contributed by atoms with Crippen molar-refractivity contribution in [3.8, 4) is 0 Å². The number of aliphatic carboxylic acids is 1. The first kappa shape index (κ1) is 88.9. The minimum atomic E-state index is -0.553. The van der Waals surface area contributed by atoms with Crippen molar-refractivity contribution in [3.05, 3.63) is 42.0 Å². The number of fused-ring (bicyclic) bond motifs is 21. The van der Waals surface area contributed by atoms with E-state index in [0.29, 0.717) is 76.9 Å². The number of carboxylic acid groups (broad SMARTS) is 1. The minimum absolute atomic E-state index is 0. The molecule has 0 aromatic heterocycles. The molecule has 30 atom stereocenters. The van der Waals surface area contributed by atoms with Crippen molar-refractivity contribution in [1.29, 1.82) is 0 Å². The normalized spacial score (nSPS) is 49.5. The Labute approximate surface area is 684 Å². The largest absolute Gasteiger partial charge is 0.481 e. The average Bonchev–Trinajstić information content (AvgIpc) is 1.08. The van der Waals surface area contributed by atoms with Gasteiger partial charge in [0.05, 0.1) is 5.41 Å². The van der Waals surface area contributed by atoms with Crippen LogP contribution in [-0.2, 0) is 43.0 Å². The van der Waals surface area contributed by atoms with Gasteiger partial charge in [-0.2, -0.15) is 4.79 Å². The van der Waals surface area contributed by atoms with Crippen molar-refractivity contribution < 1.29 is 52.9 Å². The van der Waals surface area contributed by atoms with Crippen LogP contribution in [-0.4, -0.2) is 69.3 Å². The molecule has 13 heteroatoms. The molecule has 0 amide bonds. The Balaban J connectivity index is 0.000000165. The summed E-state index contributed by atoms with van der Waals surface area (Å²) in [6.45, 7) is 61.6. The lowest BCUT2D eigenvalue weighted by Crippen LogP contribution is -2.67. The molecule has 0 heterocycles. The first-order valence-electron chi connectivity index (χ1n) is 44.6. The van der Waals surface area contributed by atoms with E-state index in [1.807, 2.05) is 0 Å². The summed E-state index contributed by atoms with van der Waals surface area (Å²) in [5.74, 6) is 6.01. The van der Waals surface area contributed by atoms with Crippen molar-refractivity contribution in [2.75, 3.05) is 0 Å². The number of esters is 3. The first-order valence-corrected chi connectivity index (χ1v) is 45.0. The van der Waals surface area contributed by atoms with Crippen LogP contribution in [0.1, 0.15) is 353 Å². The van der Waals surface area contributed by atoms with E-state index in [1.54, 1.807) is 20.8 Å². The molecule has 630 valence electrons. The number of Topliss-reactive ketones (excluding diaryl/α,β-unsaturated/α-hetero) is 1. The molecule has 112 heavy (non-hydrogen) atoms. The van der Waals surface area contributed by atoms with Crippen LogP contribution in [0.2, 0.25) is 0 Å². The first-order chi connectivity index (χ1) is 51.0. The van der Waals surface area contributed by atoms with Crippen molar-refractivity contribution in [2.24, 2.45) is 170 Å². The van der Waals surface area contributed by atoms with Crippen molar-refractivity contribution in [1.82, 2.24) is 0 Å². The minimum Gasteiger partial charge on any atom is -0.481 e. The van der Waals surface area contributed by atoms with Crippen LogP contribution in [0.3, 0.4) is 0 Å². The smallest absolute Gasteiger partial charge is 0.323 e. The fourth-order valence-electron chi connectivity index (χ4n) is 35.9. The second kappa shape index (κ2) is 29.5. The van der Waals surface area contributed by atoms with Crippen LogP contribution in [0.15, 0.2) is 36.5 Å². The zero-order chi connectivity index (χ0) is 80.8. The van der Waals surface area contributed by atoms with Crippen LogP contribution < -0.4 is 0 Å². The van der Waals surface area contributed by atoms with E-state index in [9.17, 15) is 39.4 Å². The Kier molecular flexibility index (Phi) is 23.4. The van der Waals surface area contributed by atoms with E-state index in [0.717, 1.165) is 128 Å². The molecule has 0 aromatic rings. The van der Waals surface area contributed by atoms with Gasteiger partial charge < -0.3 is 24.8 Å². The number of hydrogen-bond acceptors (Lipinski definition) is 9. The van der Waals surface area contributed by atoms with Crippen molar-refractivity contribution in [3.63, 3.8) is 0 Å². The van der Waals surface area contributed by atoms with Crippen LogP contribution in [0, 0.1) is 170 Å². The monoisotopic (exact) mass is 1570 g/mol. The highest BCUT2D eigenvalue weighted by molar-refractivity contribution is 6.64. The third-order valence-corrected chi connectivity index (χ3v) is 41.8. The van der Waals surface area contributed by atoms with Gasteiger partial charge in [0.2, 0.25) is 11.0 Å². The number of hydrogen-bond donors (Lipinski definition) is 1. The Morgan fingerprint density at radius 2 is 0.634 bits per heavy atom. The quantitative estimate of drug-likeness (QED) is 0.0419. The third kappa shape index (κ3) is 12.3. The molecule has 1 N–H and O–H groups in total. The van der Waals surface area contributed by atoms with Gasteiger partial charge in [0.25, 0.3) is 0 Å². The molecule has 0 saturated heterocycles. The summed E-state index contributed by atoms with van der Waals surface area (Å²) in [7, 11) is 0. The predicted molar refractivity (Wildman–Crippen MR) is 450 cm³/mol. The zero-order valence-corrected chi connectivity index (χ0v) is 73.5. The second-order valence-corrected chi connectivity index (χ2v) is 45.9. The Bertz CT molecular complexity index is 3640. The van der Waals surface area contributed by atoms with Gasteiger partial charge in [-0.05, 0) is 363 Å². The Morgan fingerprint density at radius 1 is 0.357 bits per heavy atom. The van der Waals surface area contributed by atoms with Gasteiger partial charge in [-0.3, -0.25) is 28.8 Å². The lowest BCUT2D eigenvalue weighted by Gasteiger charge is -2.72. The number of halogens is 1. The summed E-state index contributed by atoms with van der Waals surface area (Å²) in [6.07, 6.45) is 33.4. The Morgan fingerprint density at radius 3 is 0.920 bits per heavy atom. The lowest BCUT2D eigenvalue weighted by atomic mass is 9.32. The Hall–Kier alpha value is -3.89. The number of carbonyl (C=O) groups excluding carboxylic acids is 5. The SMILES string of the molecule is C.C.C=C(C)[C@@H]1CC[C@]2(C(=O)C=[N+]=[N-])CC[C@]3(C)C(CCC4[C@@]5(C)CC[C@H](OC(C)=O)C(C)(C)C5CC[C@]43C)C12.C=C(C)[C@@H]1CC[C@]2(C(=O)Cl)CC[C@]3(C)C(CCC4[C@@]5(C)CC[C@H](OC(C)=O)C(C)(C)C5CC[C@]43C)C12.C=C(C)[C@@H]1CC[C@]2(C(=O)O)CC[C@]3(C)C(CCC4[C@@]5(C)CC[C@H](OC(C)=O)C(C)(C)C5CC[C@]43C)C12. The van der Waals surface area contributed by atoms with Gasteiger partial charge in [0, 0.05) is 47.8 Å². The number of ether oxygens (including phenoxy) is 3. The maximum absolute atomic E-state index is 13.6. The molecule has 0 spiro atoms. The van der Waals surface area contributed by atoms with Gasteiger partial charge in [-0.25, -0.2) is 0 Å². The van der Waals surface area contributed by atoms with Crippen LogP contribution in [0.25, 0.3) is 5.53 Å². The number of carboxylic acids is 1. The average molecular weight is 1570 g/mol. The van der Waals surface area contributed by atoms with E-state index < -0.39 is 16.8 Å². The van der Waals surface area contributed by atoms with Gasteiger partial charge in [-0.1, -0.05) is 155 Å². The summed E-state index contributed by atoms with van der Waals surface area (Å²) in [5, 5.41) is 10.5. The third-order valence-electron chi connectivity index (χ3n) is 41.4. The summed E-state index contributed by atoms with van der Waals surface area (Å²) in [4.78, 5) is 78.3. The summed E-state index contributed by atoms with van der Waals surface area (Å²) < 4.78 is 17.7.